The Hall–Kier alpha value is -0.960. The van der Waals surface area contributed by atoms with Crippen molar-refractivity contribution >= 4 is 0 Å². The van der Waals surface area contributed by atoms with E-state index in [4.69, 9.17) is 5.73 Å². The molecule has 0 aliphatic heterocycles. The molecule has 1 aliphatic rings. The van der Waals surface area contributed by atoms with Crippen LogP contribution in [0.2, 0.25) is 0 Å². The fraction of sp³-hybridized carbons (Fsp3) is 0.444. The van der Waals surface area contributed by atoms with Gasteiger partial charge in [-0.25, -0.2) is 4.98 Å². The van der Waals surface area contributed by atoms with Crippen LogP contribution in [0.25, 0.3) is 0 Å². The molecule has 1 aliphatic carbocycles. The van der Waals surface area contributed by atoms with Gasteiger partial charge in [0.15, 0.2) is 0 Å². The molecule has 0 bridgehead atoms. The van der Waals surface area contributed by atoms with Crippen LogP contribution in [0.15, 0.2) is 18.3 Å². The van der Waals surface area contributed by atoms with E-state index in [2.05, 4.69) is 4.98 Å². The van der Waals surface area contributed by atoms with Crippen LogP contribution in [0.5, 0.6) is 0 Å². The van der Waals surface area contributed by atoms with Gasteiger partial charge in [0.2, 0.25) is 5.95 Å². The van der Waals surface area contributed by atoms with Crippen LogP contribution >= 0.6 is 0 Å². The first-order valence-corrected chi connectivity index (χ1v) is 4.12. The Balaban J connectivity index is 2.28. The van der Waals surface area contributed by atoms with Crippen molar-refractivity contribution in [3.63, 3.8) is 0 Å². The fourth-order valence-electron chi connectivity index (χ4n) is 1.52. The molecule has 12 heavy (non-hydrogen) atoms. The summed E-state index contributed by atoms with van der Waals surface area (Å²) >= 11 is 0. The molecule has 0 radical (unpaired) electrons. The van der Waals surface area contributed by atoms with Gasteiger partial charge in [0.05, 0.1) is 0 Å². The molecular formula is C9H11FN2. The summed E-state index contributed by atoms with van der Waals surface area (Å²) in [4.78, 5) is 3.58. The minimum Gasteiger partial charge on any atom is -0.321 e. The Morgan fingerprint density at radius 2 is 2.17 bits per heavy atom. The number of aromatic nitrogens is 1. The topological polar surface area (TPSA) is 38.9 Å². The van der Waals surface area contributed by atoms with Crippen molar-refractivity contribution in [3.05, 3.63) is 29.8 Å². The number of hydrogen-bond donors (Lipinski definition) is 1. The highest BCUT2D eigenvalue weighted by atomic mass is 19.1. The maximum atomic E-state index is 12.4. The summed E-state index contributed by atoms with van der Waals surface area (Å²) in [5.41, 5.74) is 6.74. The van der Waals surface area contributed by atoms with Crippen LogP contribution in [0.1, 0.15) is 24.8 Å². The van der Waals surface area contributed by atoms with E-state index in [0.717, 1.165) is 24.8 Å². The van der Waals surface area contributed by atoms with Gasteiger partial charge in [-0.15, -0.1) is 0 Å². The van der Waals surface area contributed by atoms with Gasteiger partial charge in [-0.2, -0.15) is 4.39 Å². The largest absolute Gasteiger partial charge is 0.321 e. The van der Waals surface area contributed by atoms with Crippen LogP contribution < -0.4 is 5.73 Å². The Bertz CT molecular complexity index is 277. The second-order valence-electron chi connectivity index (χ2n) is 3.38. The highest BCUT2D eigenvalue weighted by molar-refractivity contribution is 5.22. The average molecular weight is 166 g/mol. The molecule has 1 aromatic rings. The summed E-state index contributed by atoms with van der Waals surface area (Å²) in [6.07, 6.45) is 4.67. The zero-order chi connectivity index (χ0) is 8.60. The van der Waals surface area contributed by atoms with Gasteiger partial charge in [-0.1, -0.05) is 6.07 Å². The van der Waals surface area contributed by atoms with E-state index in [-0.39, 0.29) is 5.54 Å². The van der Waals surface area contributed by atoms with Crippen molar-refractivity contribution in [1.82, 2.24) is 4.98 Å². The number of pyridine rings is 1. The summed E-state index contributed by atoms with van der Waals surface area (Å²) in [5, 5.41) is 0. The quantitative estimate of drug-likeness (QED) is 0.643. The lowest BCUT2D eigenvalue weighted by Crippen LogP contribution is -2.43. The molecule has 2 nitrogen and oxygen atoms in total. The number of rotatable bonds is 1. The summed E-state index contributed by atoms with van der Waals surface area (Å²) in [5.74, 6) is -0.443. The third kappa shape index (κ3) is 1.10. The van der Waals surface area contributed by atoms with E-state index in [9.17, 15) is 4.39 Å². The minimum atomic E-state index is -0.443. The first-order chi connectivity index (χ1) is 5.71. The summed E-state index contributed by atoms with van der Waals surface area (Å²) < 4.78 is 12.4. The van der Waals surface area contributed by atoms with Crippen LogP contribution in [0, 0.1) is 5.95 Å². The van der Waals surface area contributed by atoms with Crippen molar-refractivity contribution in [2.24, 2.45) is 5.73 Å². The molecule has 2 N–H and O–H groups in total. The van der Waals surface area contributed by atoms with Crippen LogP contribution in [0.4, 0.5) is 4.39 Å². The molecule has 1 saturated carbocycles. The predicted molar refractivity (Wildman–Crippen MR) is 43.9 cm³/mol. The highest BCUT2D eigenvalue weighted by Crippen LogP contribution is 2.38. The fourth-order valence-corrected chi connectivity index (χ4v) is 1.52. The molecule has 1 fully saturated rings. The maximum Gasteiger partial charge on any atom is 0.212 e. The normalized spacial score (nSPS) is 20.2. The summed E-state index contributed by atoms with van der Waals surface area (Å²) in [6, 6.07) is 3.09. The molecule has 0 amide bonds. The summed E-state index contributed by atoms with van der Waals surface area (Å²) in [7, 11) is 0. The number of hydrogen-bond acceptors (Lipinski definition) is 2. The van der Waals surface area contributed by atoms with Crippen molar-refractivity contribution in [2.45, 2.75) is 24.8 Å². The van der Waals surface area contributed by atoms with Gasteiger partial charge in [0.1, 0.15) is 0 Å². The lowest BCUT2D eigenvalue weighted by Gasteiger charge is -2.38. The second kappa shape index (κ2) is 2.52. The van der Waals surface area contributed by atoms with Gasteiger partial charge < -0.3 is 5.73 Å². The average Bonchev–Trinajstić information content (AvgIpc) is 2.02. The lowest BCUT2D eigenvalue weighted by molar-refractivity contribution is 0.252. The van der Waals surface area contributed by atoms with Gasteiger partial charge >= 0.3 is 0 Å². The van der Waals surface area contributed by atoms with E-state index >= 15 is 0 Å². The molecule has 0 spiro atoms. The highest BCUT2D eigenvalue weighted by Gasteiger charge is 2.34. The van der Waals surface area contributed by atoms with Crippen LogP contribution in [0.3, 0.4) is 0 Å². The Morgan fingerprint density at radius 3 is 2.58 bits per heavy atom. The molecular weight excluding hydrogens is 155 g/mol. The monoisotopic (exact) mass is 166 g/mol. The Morgan fingerprint density at radius 1 is 1.42 bits per heavy atom. The van der Waals surface area contributed by atoms with E-state index < -0.39 is 5.95 Å². The van der Waals surface area contributed by atoms with E-state index in [1.165, 1.54) is 12.3 Å². The minimum absolute atomic E-state index is 0.222. The molecule has 1 aromatic heterocycles. The zero-order valence-corrected chi connectivity index (χ0v) is 6.76. The molecule has 0 saturated heterocycles. The molecule has 3 heteroatoms. The van der Waals surface area contributed by atoms with Crippen LogP contribution in [-0.4, -0.2) is 4.98 Å². The Kier molecular flexibility index (Phi) is 1.61. The molecule has 64 valence electrons. The van der Waals surface area contributed by atoms with Gasteiger partial charge in [-0.3, -0.25) is 0 Å². The van der Waals surface area contributed by atoms with Gasteiger partial charge in [0.25, 0.3) is 0 Å². The molecule has 0 atom stereocenters. The zero-order valence-electron chi connectivity index (χ0n) is 6.76. The number of halogens is 1. The smallest absolute Gasteiger partial charge is 0.212 e. The van der Waals surface area contributed by atoms with E-state index in [1.807, 2.05) is 0 Å². The lowest BCUT2D eigenvalue weighted by atomic mass is 9.73. The maximum absolute atomic E-state index is 12.4. The van der Waals surface area contributed by atoms with Gasteiger partial charge in [0, 0.05) is 11.7 Å². The molecule has 1 heterocycles. The first-order valence-electron chi connectivity index (χ1n) is 4.12. The third-order valence-electron chi connectivity index (χ3n) is 2.55. The number of nitrogens with two attached hydrogens (primary N) is 1. The second-order valence-corrected chi connectivity index (χ2v) is 3.38. The first kappa shape index (κ1) is 7.68. The Labute approximate surface area is 70.6 Å². The predicted octanol–water partition coefficient (Wildman–Crippen LogP) is 1.56. The standard InChI is InChI=1S/C9H11FN2/c10-8-3-2-7(6-12-8)9(11)4-1-5-9/h2-3,6H,1,4-5,11H2. The van der Waals surface area contributed by atoms with Crippen molar-refractivity contribution < 1.29 is 4.39 Å². The third-order valence-corrected chi connectivity index (χ3v) is 2.55. The SMILES string of the molecule is NC1(c2ccc(F)nc2)CCC1. The van der Waals surface area contributed by atoms with Crippen molar-refractivity contribution in [2.75, 3.05) is 0 Å². The van der Waals surface area contributed by atoms with E-state index in [0.29, 0.717) is 0 Å². The number of nitrogens with zero attached hydrogens (tertiary/aromatic N) is 1. The van der Waals surface area contributed by atoms with Crippen LogP contribution in [-0.2, 0) is 5.54 Å². The van der Waals surface area contributed by atoms with Gasteiger partial charge in [-0.05, 0) is 30.9 Å². The van der Waals surface area contributed by atoms with Crippen molar-refractivity contribution in [1.29, 1.82) is 0 Å². The molecule has 0 unspecified atom stereocenters. The van der Waals surface area contributed by atoms with E-state index in [1.54, 1.807) is 6.07 Å². The van der Waals surface area contributed by atoms with Crippen molar-refractivity contribution in [3.8, 4) is 0 Å². The summed E-state index contributed by atoms with van der Waals surface area (Å²) in [6.45, 7) is 0. The molecule has 0 aromatic carbocycles. The molecule has 2 rings (SSSR count).